The van der Waals surface area contributed by atoms with Gasteiger partial charge >= 0.3 is 0 Å². The Balaban J connectivity index is 2.85. The summed E-state index contributed by atoms with van der Waals surface area (Å²) in [5, 5.41) is 9.03. The maximum Gasteiger partial charge on any atom is 0.0606 e. The Morgan fingerprint density at radius 2 is 1.75 bits per heavy atom. The number of anilines is 1. The summed E-state index contributed by atoms with van der Waals surface area (Å²) < 4.78 is 0. The molecule has 0 aliphatic rings. The molecule has 1 aromatic rings. The predicted octanol–water partition coefficient (Wildman–Crippen LogP) is 1.91. The van der Waals surface area contributed by atoms with Gasteiger partial charge in [0.1, 0.15) is 0 Å². The van der Waals surface area contributed by atoms with E-state index in [4.69, 9.17) is 10.8 Å². The molecule has 0 aromatic heterocycles. The van der Waals surface area contributed by atoms with Crippen LogP contribution in [0.3, 0.4) is 0 Å². The zero-order valence-electron chi connectivity index (χ0n) is 10.4. The van der Waals surface area contributed by atoms with E-state index in [0.717, 1.165) is 11.3 Å². The Kier molecular flexibility index (Phi) is 4.77. The molecule has 0 unspecified atom stereocenters. The van der Waals surface area contributed by atoms with E-state index in [1.807, 2.05) is 19.1 Å². The molecule has 3 N–H and O–H groups in total. The molecule has 0 fully saturated rings. The van der Waals surface area contributed by atoms with E-state index in [1.165, 1.54) is 0 Å². The maximum atomic E-state index is 9.03. The Hall–Kier alpha value is -1.06. The monoisotopic (exact) mass is 222 g/mol. The molecular weight excluding hydrogens is 200 g/mol. The predicted molar refractivity (Wildman–Crippen MR) is 68.6 cm³/mol. The first-order chi connectivity index (χ1) is 7.56. The third kappa shape index (κ3) is 3.22. The van der Waals surface area contributed by atoms with Crippen molar-refractivity contribution in [3.05, 3.63) is 29.8 Å². The lowest BCUT2D eigenvalue weighted by Gasteiger charge is -2.28. The molecule has 0 radical (unpaired) electrons. The number of nitrogens with zero attached hydrogens (tertiary/aromatic N) is 1. The smallest absolute Gasteiger partial charge is 0.0606 e. The van der Waals surface area contributed by atoms with Crippen molar-refractivity contribution >= 4 is 5.69 Å². The Morgan fingerprint density at radius 3 is 2.12 bits per heavy atom. The van der Waals surface area contributed by atoms with Crippen LogP contribution in [-0.4, -0.2) is 24.3 Å². The number of hydrogen-bond donors (Lipinski definition) is 2. The molecule has 16 heavy (non-hydrogen) atoms. The van der Waals surface area contributed by atoms with Crippen molar-refractivity contribution < 1.29 is 5.11 Å². The van der Waals surface area contributed by atoms with Crippen LogP contribution < -0.4 is 10.6 Å². The molecule has 1 atom stereocenters. The normalized spacial score (nSPS) is 12.9. The number of hydrogen-bond acceptors (Lipinski definition) is 3. The standard InChI is InChI=1S/C13H22N2O/c1-10(2)15(8-9-16)13-6-4-12(5-7-13)11(3)14/h4-7,10-11,16H,8-9,14H2,1-3H3/t11-/m1/s1. The van der Waals surface area contributed by atoms with Crippen molar-refractivity contribution in [2.75, 3.05) is 18.1 Å². The summed E-state index contributed by atoms with van der Waals surface area (Å²) in [5.41, 5.74) is 8.07. The largest absolute Gasteiger partial charge is 0.395 e. The summed E-state index contributed by atoms with van der Waals surface area (Å²) in [4.78, 5) is 2.17. The lowest BCUT2D eigenvalue weighted by atomic mass is 10.1. The van der Waals surface area contributed by atoms with Crippen LogP contribution in [0.15, 0.2) is 24.3 Å². The van der Waals surface area contributed by atoms with E-state index in [2.05, 4.69) is 30.9 Å². The SMILES string of the molecule is CC(C)N(CCO)c1ccc([C@@H](C)N)cc1. The van der Waals surface area contributed by atoms with Crippen LogP contribution in [0.1, 0.15) is 32.4 Å². The van der Waals surface area contributed by atoms with Gasteiger partial charge in [-0.25, -0.2) is 0 Å². The van der Waals surface area contributed by atoms with Gasteiger partial charge in [0.25, 0.3) is 0 Å². The second kappa shape index (κ2) is 5.87. The van der Waals surface area contributed by atoms with Crippen LogP contribution in [0, 0.1) is 0 Å². The minimum absolute atomic E-state index is 0.0689. The second-order valence-electron chi connectivity index (χ2n) is 4.39. The van der Waals surface area contributed by atoms with Gasteiger partial charge in [-0.1, -0.05) is 12.1 Å². The van der Waals surface area contributed by atoms with Crippen LogP contribution in [0.2, 0.25) is 0 Å². The maximum absolute atomic E-state index is 9.03. The van der Waals surface area contributed by atoms with Crippen LogP contribution in [0.5, 0.6) is 0 Å². The number of rotatable bonds is 5. The topological polar surface area (TPSA) is 49.5 Å². The minimum Gasteiger partial charge on any atom is -0.395 e. The highest BCUT2D eigenvalue weighted by molar-refractivity contribution is 5.48. The van der Waals surface area contributed by atoms with Gasteiger partial charge in [-0.3, -0.25) is 0 Å². The number of aliphatic hydroxyl groups is 1. The van der Waals surface area contributed by atoms with Crippen molar-refractivity contribution in [2.45, 2.75) is 32.9 Å². The highest BCUT2D eigenvalue weighted by Crippen LogP contribution is 2.19. The third-order valence-electron chi connectivity index (χ3n) is 2.71. The fourth-order valence-electron chi connectivity index (χ4n) is 1.76. The quantitative estimate of drug-likeness (QED) is 0.800. The van der Waals surface area contributed by atoms with Gasteiger partial charge in [-0.15, -0.1) is 0 Å². The number of nitrogens with two attached hydrogens (primary N) is 1. The molecule has 1 aromatic carbocycles. The average Bonchev–Trinajstić information content (AvgIpc) is 2.25. The first-order valence-corrected chi connectivity index (χ1v) is 5.79. The van der Waals surface area contributed by atoms with Gasteiger partial charge in [0.2, 0.25) is 0 Å². The summed E-state index contributed by atoms with van der Waals surface area (Å²) in [6.45, 7) is 7.05. The van der Waals surface area contributed by atoms with E-state index >= 15 is 0 Å². The Bertz CT molecular complexity index is 306. The molecule has 0 aliphatic carbocycles. The van der Waals surface area contributed by atoms with Gasteiger partial charge in [0.05, 0.1) is 6.61 Å². The van der Waals surface area contributed by atoms with Gasteiger partial charge < -0.3 is 15.7 Å². The summed E-state index contributed by atoms with van der Waals surface area (Å²) >= 11 is 0. The molecule has 0 amide bonds. The van der Waals surface area contributed by atoms with Crippen LogP contribution >= 0.6 is 0 Å². The molecule has 90 valence electrons. The van der Waals surface area contributed by atoms with Crippen molar-refractivity contribution in [3.8, 4) is 0 Å². The van der Waals surface area contributed by atoms with Crippen molar-refractivity contribution in [1.82, 2.24) is 0 Å². The first kappa shape index (κ1) is 13.0. The summed E-state index contributed by atoms with van der Waals surface area (Å²) in [6.07, 6.45) is 0. The molecule has 0 heterocycles. The fraction of sp³-hybridized carbons (Fsp3) is 0.538. The van der Waals surface area contributed by atoms with Crippen LogP contribution in [-0.2, 0) is 0 Å². The molecule has 0 saturated heterocycles. The van der Waals surface area contributed by atoms with E-state index in [1.54, 1.807) is 0 Å². The van der Waals surface area contributed by atoms with E-state index in [-0.39, 0.29) is 12.6 Å². The lowest BCUT2D eigenvalue weighted by Crippen LogP contribution is -2.33. The van der Waals surface area contributed by atoms with Gasteiger partial charge in [-0.05, 0) is 38.5 Å². The van der Waals surface area contributed by atoms with Crippen molar-refractivity contribution in [3.63, 3.8) is 0 Å². The Morgan fingerprint density at radius 1 is 1.19 bits per heavy atom. The molecule has 3 nitrogen and oxygen atoms in total. The van der Waals surface area contributed by atoms with E-state index < -0.39 is 0 Å². The average molecular weight is 222 g/mol. The number of aliphatic hydroxyl groups excluding tert-OH is 1. The summed E-state index contributed by atoms with van der Waals surface area (Å²) in [6, 6.07) is 8.68. The molecular formula is C13H22N2O. The molecule has 0 bridgehead atoms. The third-order valence-corrected chi connectivity index (χ3v) is 2.71. The van der Waals surface area contributed by atoms with Crippen LogP contribution in [0.25, 0.3) is 0 Å². The number of benzene rings is 1. The highest BCUT2D eigenvalue weighted by atomic mass is 16.3. The lowest BCUT2D eigenvalue weighted by molar-refractivity contribution is 0.299. The zero-order valence-corrected chi connectivity index (χ0v) is 10.4. The molecule has 0 spiro atoms. The summed E-state index contributed by atoms with van der Waals surface area (Å²) in [7, 11) is 0. The molecule has 0 saturated carbocycles. The van der Waals surface area contributed by atoms with E-state index in [9.17, 15) is 0 Å². The van der Waals surface area contributed by atoms with Crippen molar-refractivity contribution in [2.24, 2.45) is 5.73 Å². The first-order valence-electron chi connectivity index (χ1n) is 5.79. The van der Waals surface area contributed by atoms with Gasteiger partial charge in [0, 0.05) is 24.3 Å². The second-order valence-corrected chi connectivity index (χ2v) is 4.39. The zero-order chi connectivity index (χ0) is 12.1. The van der Waals surface area contributed by atoms with Gasteiger partial charge in [-0.2, -0.15) is 0 Å². The van der Waals surface area contributed by atoms with Crippen molar-refractivity contribution in [1.29, 1.82) is 0 Å². The minimum atomic E-state index is 0.0689. The van der Waals surface area contributed by atoms with E-state index in [0.29, 0.717) is 12.6 Å². The molecule has 3 heteroatoms. The highest BCUT2D eigenvalue weighted by Gasteiger charge is 2.09. The molecule has 1 rings (SSSR count). The Labute approximate surface area is 97.9 Å². The molecule has 0 aliphatic heterocycles. The summed E-state index contributed by atoms with van der Waals surface area (Å²) in [5.74, 6) is 0. The van der Waals surface area contributed by atoms with Crippen LogP contribution in [0.4, 0.5) is 5.69 Å². The fourth-order valence-corrected chi connectivity index (χ4v) is 1.76. The van der Waals surface area contributed by atoms with Gasteiger partial charge in [0.15, 0.2) is 0 Å².